The van der Waals surface area contributed by atoms with Gasteiger partial charge in [-0.3, -0.25) is 4.79 Å². The number of nitrogens with zero attached hydrogens (tertiary/aromatic N) is 1. The first kappa shape index (κ1) is 16.7. The van der Waals surface area contributed by atoms with Gasteiger partial charge < -0.3 is 10.6 Å². The third-order valence-corrected chi connectivity index (χ3v) is 5.54. The minimum atomic E-state index is -3.31. The predicted octanol–water partition coefficient (Wildman–Crippen LogP) is 1.29. The maximum absolute atomic E-state index is 12.2. The number of carbonyl (C=O) groups excluding carboxylic acids is 1. The van der Waals surface area contributed by atoms with E-state index in [1.54, 1.807) is 25.8 Å². The molecule has 6 heteroatoms. The van der Waals surface area contributed by atoms with Crippen LogP contribution in [0.15, 0.2) is 29.2 Å². The van der Waals surface area contributed by atoms with E-state index in [4.69, 9.17) is 5.73 Å². The molecule has 0 radical (unpaired) electrons. The molecule has 0 saturated carbocycles. The maximum atomic E-state index is 12.2. The Hall–Kier alpha value is -1.40. The topological polar surface area (TPSA) is 80.5 Å². The summed E-state index contributed by atoms with van der Waals surface area (Å²) in [5.74, 6) is -0.170. The van der Waals surface area contributed by atoms with E-state index in [9.17, 15) is 13.2 Å². The van der Waals surface area contributed by atoms with Crippen molar-refractivity contribution in [2.75, 3.05) is 13.6 Å². The SMILES string of the molecule is CC(CN)N(C)C(=O)c1ccc(S(=O)(=O)C(C)C)cc1. The molecule has 0 saturated heterocycles. The number of sulfone groups is 1. The Morgan fingerprint density at radius 1 is 1.20 bits per heavy atom. The van der Waals surface area contributed by atoms with Gasteiger partial charge in [-0.05, 0) is 45.0 Å². The van der Waals surface area contributed by atoms with Crippen molar-refractivity contribution in [2.24, 2.45) is 5.73 Å². The molecule has 0 heterocycles. The van der Waals surface area contributed by atoms with Gasteiger partial charge in [0.05, 0.1) is 10.1 Å². The zero-order chi connectivity index (χ0) is 15.5. The lowest BCUT2D eigenvalue weighted by Crippen LogP contribution is -2.39. The Bertz CT molecular complexity index is 565. The Morgan fingerprint density at radius 3 is 2.10 bits per heavy atom. The fraction of sp³-hybridized carbons (Fsp3) is 0.500. The molecule has 5 nitrogen and oxygen atoms in total. The van der Waals surface area contributed by atoms with Gasteiger partial charge in [-0.2, -0.15) is 0 Å². The third-order valence-electron chi connectivity index (χ3n) is 3.37. The standard InChI is InChI=1S/C14H22N2O3S/c1-10(2)20(18,19)13-7-5-12(6-8-13)14(17)16(4)11(3)9-15/h5-8,10-11H,9,15H2,1-4H3. The van der Waals surface area contributed by atoms with Crippen molar-refractivity contribution in [3.63, 3.8) is 0 Å². The first-order chi connectivity index (χ1) is 9.21. The van der Waals surface area contributed by atoms with Crippen LogP contribution in [0.25, 0.3) is 0 Å². The quantitative estimate of drug-likeness (QED) is 0.888. The van der Waals surface area contributed by atoms with Gasteiger partial charge in [-0.1, -0.05) is 0 Å². The normalized spacial score (nSPS) is 13.3. The van der Waals surface area contributed by atoms with Gasteiger partial charge in [0, 0.05) is 25.2 Å². The van der Waals surface area contributed by atoms with E-state index in [1.807, 2.05) is 6.92 Å². The molecule has 0 fully saturated rings. The van der Waals surface area contributed by atoms with Crippen LogP contribution in [0, 0.1) is 0 Å². The summed E-state index contributed by atoms with van der Waals surface area (Å²) in [6.45, 7) is 5.49. The second kappa shape index (κ2) is 6.37. The molecule has 0 aliphatic heterocycles. The van der Waals surface area contributed by atoms with E-state index in [2.05, 4.69) is 0 Å². The fourth-order valence-corrected chi connectivity index (χ4v) is 2.68. The van der Waals surface area contributed by atoms with Gasteiger partial charge in [0.15, 0.2) is 9.84 Å². The van der Waals surface area contributed by atoms with E-state index < -0.39 is 15.1 Å². The minimum Gasteiger partial charge on any atom is -0.338 e. The Kier molecular flexibility index (Phi) is 5.30. The summed E-state index contributed by atoms with van der Waals surface area (Å²) in [6, 6.07) is 5.96. The molecule has 1 atom stereocenters. The first-order valence-corrected chi connectivity index (χ1v) is 8.07. The molecule has 0 bridgehead atoms. The zero-order valence-electron chi connectivity index (χ0n) is 12.3. The van der Waals surface area contributed by atoms with E-state index in [0.717, 1.165) is 0 Å². The lowest BCUT2D eigenvalue weighted by atomic mass is 10.2. The number of amides is 1. The van der Waals surface area contributed by atoms with Gasteiger partial charge in [-0.15, -0.1) is 0 Å². The van der Waals surface area contributed by atoms with E-state index in [-0.39, 0.29) is 16.8 Å². The lowest BCUT2D eigenvalue weighted by Gasteiger charge is -2.23. The van der Waals surface area contributed by atoms with Gasteiger partial charge in [0.1, 0.15) is 0 Å². The Labute approximate surface area is 120 Å². The number of likely N-dealkylation sites (N-methyl/N-ethyl adjacent to an activating group) is 1. The van der Waals surface area contributed by atoms with Crippen LogP contribution in [0.2, 0.25) is 0 Å². The van der Waals surface area contributed by atoms with E-state index in [0.29, 0.717) is 12.1 Å². The molecule has 1 unspecified atom stereocenters. The average molecular weight is 298 g/mol. The minimum absolute atomic E-state index is 0.0680. The summed E-state index contributed by atoms with van der Waals surface area (Å²) in [5, 5.41) is -0.482. The number of hydrogen-bond acceptors (Lipinski definition) is 4. The molecule has 1 aromatic rings. The lowest BCUT2D eigenvalue weighted by molar-refractivity contribution is 0.0748. The van der Waals surface area contributed by atoms with Gasteiger partial charge in [-0.25, -0.2) is 8.42 Å². The number of rotatable bonds is 5. The van der Waals surface area contributed by atoms with Crippen LogP contribution in [-0.2, 0) is 9.84 Å². The molecule has 2 N–H and O–H groups in total. The van der Waals surface area contributed by atoms with Crippen molar-refractivity contribution < 1.29 is 13.2 Å². The second-order valence-corrected chi connectivity index (χ2v) is 7.62. The van der Waals surface area contributed by atoms with Crippen molar-refractivity contribution in [3.05, 3.63) is 29.8 Å². The van der Waals surface area contributed by atoms with Crippen molar-refractivity contribution in [3.8, 4) is 0 Å². The van der Waals surface area contributed by atoms with Gasteiger partial charge >= 0.3 is 0 Å². The van der Waals surface area contributed by atoms with Crippen LogP contribution in [0.1, 0.15) is 31.1 Å². The maximum Gasteiger partial charge on any atom is 0.253 e. The van der Waals surface area contributed by atoms with E-state index >= 15 is 0 Å². The van der Waals surface area contributed by atoms with Crippen molar-refractivity contribution >= 4 is 15.7 Å². The summed E-state index contributed by atoms with van der Waals surface area (Å²) >= 11 is 0. The third kappa shape index (κ3) is 3.37. The molecular formula is C14H22N2O3S. The first-order valence-electron chi connectivity index (χ1n) is 6.53. The van der Waals surface area contributed by atoms with E-state index in [1.165, 1.54) is 24.3 Å². The molecule has 20 heavy (non-hydrogen) atoms. The monoisotopic (exact) mass is 298 g/mol. The molecular weight excluding hydrogens is 276 g/mol. The summed E-state index contributed by atoms with van der Waals surface area (Å²) in [7, 11) is -1.63. The molecule has 0 aliphatic rings. The molecule has 0 spiro atoms. The molecule has 1 aromatic carbocycles. The van der Waals surface area contributed by atoms with Crippen molar-refractivity contribution in [1.82, 2.24) is 4.90 Å². The van der Waals surface area contributed by atoms with Crippen LogP contribution < -0.4 is 5.73 Å². The summed E-state index contributed by atoms with van der Waals surface area (Å²) < 4.78 is 24.0. The largest absolute Gasteiger partial charge is 0.338 e. The molecule has 0 aromatic heterocycles. The number of carbonyl (C=O) groups is 1. The molecule has 1 rings (SSSR count). The Morgan fingerprint density at radius 2 is 1.70 bits per heavy atom. The van der Waals surface area contributed by atoms with Gasteiger partial charge in [0.25, 0.3) is 5.91 Å². The van der Waals surface area contributed by atoms with Gasteiger partial charge in [0.2, 0.25) is 0 Å². The van der Waals surface area contributed by atoms with Crippen molar-refractivity contribution in [2.45, 2.75) is 37.0 Å². The molecule has 1 amide bonds. The highest BCUT2D eigenvalue weighted by Gasteiger charge is 2.21. The smallest absolute Gasteiger partial charge is 0.253 e. The van der Waals surface area contributed by atoms with Crippen LogP contribution >= 0.6 is 0 Å². The predicted molar refractivity (Wildman–Crippen MR) is 79.4 cm³/mol. The number of hydrogen-bond donors (Lipinski definition) is 1. The Balaban J connectivity index is 3.01. The highest BCUT2D eigenvalue weighted by atomic mass is 32.2. The van der Waals surface area contributed by atoms with Crippen LogP contribution in [0.4, 0.5) is 0 Å². The fourth-order valence-electron chi connectivity index (χ4n) is 1.62. The average Bonchev–Trinajstić information content (AvgIpc) is 2.44. The highest BCUT2D eigenvalue weighted by Crippen LogP contribution is 2.17. The summed E-state index contributed by atoms with van der Waals surface area (Å²) in [4.78, 5) is 13.9. The summed E-state index contributed by atoms with van der Waals surface area (Å²) in [5.41, 5.74) is 5.98. The zero-order valence-corrected chi connectivity index (χ0v) is 13.1. The molecule has 112 valence electrons. The van der Waals surface area contributed by atoms with Crippen molar-refractivity contribution in [1.29, 1.82) is 0 Å². The molecule has 0 aliphatic carbocycles. The summed E-state index contributed by atoms with van der Waals surface area (Å²) in [6.07, 6.45) is 0. The van der Waals surface area contributed by atoms with Crippen LogP contribution in [0.5, 0.6) is 0 Å². The number of nitrogens with two attached hydrogens (primary N) is 1. The van der Waals surface area contributed by atoms with Crippen LogP contribution in [-0.4, -0.2) is 44.1 Å². The number of benzene rings is 1. The highest BCUT2D eigenvalue weighted by molar-refractivity contribution is 7.92. The second-order valence-electron chi connectivity index (χ2n) is 5.12. The van der Waals surface area contributed by atoms with Crippen LogP contribution in [0.3, 0.4) is 0 Å².